The van der Waals surface area contributed by atoms with E-state index in [2.05, 4.69) is 5.10 Å². The number of aromatic nitrogens is 2. The van der Waals surface area contributed by atoms with E-state index in [0.29, 0.717) is 11.9 Å². The molecule has 4 nitrogen and oxygen atoms in total. The third kappa shape index (κ3) is 3.59. The second-order valence-electron chi connectivity index (χ2n) is 6.61. The number of rotatable bonds is 5. The van der Waals surface area contributed by atoms with Gasteiger partial charge in [0.15, 0.2) is 0 Å². The normalized spacial score (nSPS) is 12.2. The predicted octanol–water partition coefficient (Wildman–Crippen LogP) is 5.57. The first-order valence-electron chi connectivity index (χ1n) is 8.85. The summed E-state index contributed by atoms with van der Waals surface area (Å²) in [6.45, 7) is 4.35. The molecule has 0 aliphatic rings. The summed E-state index contributed by atoms with van der Waals surface area (Å²) in [6, 6.07) is 7.93. The van der Waals surface area contributed by atoms with Gasteiger partial charge >= 0.3 is 6.18 Å². The molecule has 1 heterocycles. The fraction of sp³-hybridized carbons (Fsp3) is 0.350. The van der Waals surface area contributed by atoms with Crippen molar-refractivity contribution in [3.63, 3.8) is 0 Å². The summed E-state index contributed by atoms with van der Waals surface area (Å²) in [4.78, 5) is 0. The fourth-order valence-electron chi connectivity index (χ4n) is 3.31. The Balaban J connectivity index is 2.30. The van der Waals surface area contributed by atoms with Crippen LogP contribution in [-0.2, 0) is 12.7 Å². The molecule has 0 radical (unpaired) electrons. The van der Waals surface area contributed by atoms with Crippen molar-refractivity contribution in [2.24, 2.45) is 5.92 Å². The van der Waals surface area contributed by atoms with E-state index in [0.717, 1.165) is 25.0 Å². The van der Waals surface area contributed by atoms with Crippen LogP contribution in [-0.4, -0.2) is 20.0 Å². The van der Waals surface area contributed by atoms with Crippen molar-refractivity contribution in [3.05, 3.63) is 42.0 Å². The van der Waals surface area contributed by atoms with Crippen molar-refractivity contribution in [1.29, 1.82) is 0 Å². The van der Waals surface area contributed by atoms with Crippen LogP contribution in [0.15, 0.2) is 36.4 Å². The molecule has 0 aliphatic carbocycles. The second kappa shape index (κ2) is 7.13. The highest BCUT2D eigenvalue weighted by atomic mass is 19.4. The smallest absolute Gasteiger partial charge is 0.418 e. The number of phenols is 2. The second-order valence-corrected chi connectivity index (χ2v) is 6.61. The highest BCUT2D eigenvalue weighted by Crippen LogP contribution is 2.41. The molecule has 3 aromatic rings. The minimum absolute atomic E-state index is 0.0133. The number of alkyl halides is 3. The molecule has 0 spiro atoms. The van der Waals surface area contributed by atoms with Crippen molar-refractivity contribution in [3.8, 4) is 22.8 Å². The van der Waals surface area contributed by atoms with Gasteiger partial charge in [0, 0.05) is 23.6 Å². The van der Waals surface area contributed by atoms with Gasteiger partial charge in [-0.15, -0.1) is 0 Å². The molecule has 1 aromatic heterocycles. The lowest BCUT2D eigenvalue weighted by molar-refractivity contribution is -0.136. The molecule has 2 aromatic carbocycles. The van der Waals surface area contributed by atoms with Gasteiger partial charge in [-0.2, -0.15) is 18.3 Å². The molecular weight excluding hydrogens is 357 g/mol. The summed E-state index contributed by atoms with van der Waals surface area (Å²) in [5, 5.41) is 24.4. The van der Waals surface area contributed by atoms with Gasteiger partial charge in [-0.3, -0.25) is 4.68 Å². The van der Waals surface area contributed by atoms with Gasteiger partial charge in [0.2, 0.25) is 0 Å². The van der Waals surface area contributed by atoms with E-state index in [4.69, 9.17) is 0 Å². The molecule has 0 bridgehead atoms. The van der Waals surface area contributed by atoms with Crippen molar-refractivity contribution >= 4 is 10.9 Å². The van der Waals surface area contributed by atoms with Gasteiger partial charge in [-0.25, -0.2) is 0 Å². The van der Waals surface area contributed by atoms with Crippen molar-refractivity contribution in [2.45, 2.75) is 39.4 Å². The molecule has 7 heteroatoms. The maximum Gasteiger partial charge on any atom is 0.418 e. The van der Waals surface area contributed by atoms with E-state index in [1.165, 1.54) is 22.9 Å². The van der Waals surface area contributed by atoms with Crippen LogP contribution in [0.2, 0.25) is 0 Å². The molecule has 0 saturated carbocycles. The third-order valence-corrected chi connectivity index (χ3v) is 4.90. The topological polar surface area (TPSA) is 58.3 Å². The molecule has 0 atom stereocenters. The number of phenolic OH excluding ortho intramolecular Hbond substituents is 2. The Kier molecular flexibility index (Phi) is 5.04. The highest BCUT2D eigenvalue weighted by Gasteiger charge is 2.35. The molecule has 0 fully saturated rings. The summed E-state index contributed by atoms with van der Waals surface area (Å²) in [7, 11) is 0. The Morgan fingerprint density at radius 1 is 1.07 bits per heavy atom. The van der Waals surface area contributed by atoms with Crippen LogP contribution in [0.4, 0.5) is 13.2 Å². The average molecular weight is 378 g/mol. The molecular formula is C20H21F3N2O2. The number of benzene rings is 2. The maximum atomic E-state index is 13.6. The lowest BCUT2D eigenvalue weighted by Gasteiger charge is -2.15. The van der Waals surface area contributed by atoms with Crippen LogP contribution in [0.5, 0.6) is 11.5 Å². The zero-order chi connectivity index (χ0) is 19.8. The van der Waals surface area contributed by atoms with E-state index >= 15 is 0 Å². The van der Waals surface area contributed by atoms with Crippen LogP contribution in [0.25, 0.3) is 22.2 Å². The number of hydrogen-bond donors (Lipinski definition) is 2. The lowest BCUT2D eigenvalue weighted by Crippen LogP contribution is -2.14. The summed E-state index contributed by atoms with van der Waals surface area (Å²) >= 11 is 0. The monoisotopic (exact) mass is 378 g/mol. The number of fused-ring (bicyclic) bond motifs is 1. The Bertz CT molecular complexity index is 960. The van der Waals surface area contributed by atoms with Crippen molar-refractivity contribution in [1.82, 2.24) is 9.78 Å². The quantitative estimate of drug-likeness (QED) is 0.610. The van der Waals surface area contributed by atoms with Gasteiger partial charge in [-0.1, -0.05) is 38.8 Å². The van der Waals surface area contributed by atoms with Gasteiger partial charge < -0.3 is 10.2 Å². The van der Waals surface area contributed by atoms with Gasteiger partial charge in [-0.05, 0) is 24.1 Å². The number of aromatic hydroxyl groups is 2. The van der Waals surface area contributed by atoms with Gasteiger partial charge in [0.05, 0.1) is 11.1 Å². The largest absolute Gasteiger partial charge is 0.508 e. The number of hydrogen-bond acceptors (Lipinski definition) is 3. The summed E-state index contributed by atoms with van der Waals surface area (Å²) in [6.07, 6.45) is -2.86. The summed E-state index contributed by atoms with van der Waals surface area (Å²) in [5.41, 5.74) is -0.192. The standard InChI is InChI=1S/C20H21F3N2O2/c1-3-12(4-2)11-25-19-15(6-5-7-16(19)20(21,22)23)18(24-25)14-9-8-13(26)10-17(14)27/h5-10,12,26-27H,3-4,11H2,1-2H3. The molecule has 3 rings (SSSR count). The van der Waals surface area contributed by atoms with Crippen LogP contribution < -0.4 is 0 Å². The van der Waals surface area contributed by atoms with E-state index in [9.17, 15) is 23.4 Å². The van der Waals surface area contributed by atoms with Crippen molar-refractivity contribution in [2.75, 3.05) is 0 Å². The fourth-order valence-corrected chi connectivity index (χ4v) is 3.31. The van der Waals surface area contributed by atoms with E-state index in [-0.39, 0.29) is 34.2 Å². The number of nitrogens with zero attached hydrogens (tertiary/aromatic N) is 2. The molecule has 27 heavy (non-hydrogen) atoms. The Morgan fingerprint density at radius 2 is 1.78 bits per heavy atom. The van der Waals surface area contributed by atoms with Gasteiger partial charge in [0.25, 0.3) is 0 Å². The molecule has 0 amide bonds. The highest BCUT2D eigenvalue weighted by molar-refractivity contribution is 5.96. The zero-order valence-corrected chi connectivity index (χ0v) is 15.1. The molecule has 0 aliphatic heterocycles. The third-order valence-electron chi connectivity index (χ3n) is 4.90. The Morgan fingerprint density at radius 3 is 2.37 bits per heavy atom. The van der Waals surface area contributed by atoms with Crippen LogP contribution in [0, 0.1) is 5.92 Å². The van der Waals surface area contributed by atoms with Crippen molar-refractivity contribution < 1.29 is 23.4 Å². The van der Waals surface area contributed by atoms with E-state index in [1.807, 2.05) is 13.8 Å². The minimum Gasteiger partial charge on any atom is -0.508 e. The Labute approximate surface area is 154 Å². The minimum atomic E-state index is -4.51. The van der Waals surface area contributed by atoms with Crippen LogP contribution in [0.3, 0.4) is 0 Å². The molecule has 0 saturated heterocycles. The first-order chi connectivity index (χ1) is 12.8. The lowest BCUT2D eigenvalue weighted by atomic mass is 10.0. The first kappa shape index (κ1) is 19.1. The molecule has 144 valence electrons. The molecule has 2 N–H and O–H groups in total. The van der Waals surface area contributed by atoms with E-state index < -0.39 is 11.7 Å². The summed E-state index contributed by atoms with van der Waals surface area (Å²) < 4.78 is 42.3. The zero-order valence-electron chi connectivity index (χ0n) is 15.1. The van der Waals surface area contributed by atoms with Gasteiger partial charge in [0.1, 0.15) is 17.2 Å². The van der Waals surface area contributed by atoms with Crippen LogP contribution in [0.1, 0.15) is 32.3 Å². The van der Waals surface area contributed by atoms with Crippen LogP contribution >= 0.6 is 0 Å². The predicted molar refractivity (Wildman–Crippen MR) is 97.6 cm³/mol. The Hall–Kier alpha value is -2.70. The average Bonchev–Trinajstić information content (AvgIpc) is 2.97. The first-order valence-corrected chi connectivity index (χ1v) is 8.85. The SMILES string of the molecule is CCC(CC)Cn1nc(-c2ccc(O)cc2O)c2cccc(C(F)(F)F)c21. The number of para-hydroxylation sites is 1. The summed E-state index contributed by atoms with van der Waals surface area (Å²) in [5.74, 6) is -0.176. The van der Waals surface area contributed by atoms with E-state index in [1.54, 1.807) is 6.07 Å². The maximum absolute atomic E-state index is 13.6. The number of halogens is 3. The molecule has 0 unspecified atom stereocenters.